The van der Waals surface area contributed by atoms with Crippen molar-refractivity contribution in [2.45, 2.75) is 64.6 Å². The molecular weight excluding hydrogens is 486 g/mol. The van der Waals surface area contributed by atoms with Crippen LogP contribution in [0.25, 0.3) is 0 Å². The topological polar surface area (TPSA) is 30.5 Å². The molecule has 32 heavy (non-hydrogen) atoms. The molecule has 0 saturated heterocycles. The van der Waals surface area contributed by atoms with Crippen LogP contribution in [0.15, 0.2) is 40.9 Å². The summed E-state index contributed by atoms with van der Waals surface area (Å²) in [7, 11) is 1.70. The van der Waals surface area contributed by atoms with Gasteiger partial charge in [-0.25, -0.2) is 0 Å². The molecule has 2 aromatic rings. The molecule has 4 aliphatic rings. The summed E-state index contributed by atoms with van der Waals surface area (Å²) in [6.07, 6.45) is 8.77. The van der Waals surface area contributed by atoms with E-state index in [-0.39, 0.29) is 0 Å². The zero-order valence-electron chi connectivity index (χ0n) is 19.0. The van der Waals surface area contributed by atoms with Crippen LogP contribution < -0.4 is 14.8 Å². The highest BCUT2D eigenvalue weighted by atomic mass is 79.9. The van der Waals surface area contributed by atoms with Gasteiger partial charge in [0.15, 0.2) is 11.5 Å². The van der Waals surface area contributed by atoms with Gasteiger partial charge in [0.25, 0.3) is 0 Å². The largest absolute Gasteiger partial charge is 0.493 e. The van der Waals surface area contributed by atoms with Gasteiger partial charge < -0.3 is 14.8 Å². The fraction of sp³-hybridized carbons (Fsp3) is 0.556. The minimum Gasteiger partial charge on any atom is -0.493 e. The Kier molecular flexibility index (Phi) is 6.48. The number of halogens is 2. The van der Waals surface area contributed by atoms with Gasteiger partial charge in [-0.3, -0.25) is 0 Å². The first kappa shape index (κ1) is 22.6. The van der Waals surface area contributed by atoms with E-state index in [1.165, 1.54) is 44.1 Å². The smallest absolute Gasteiger partial charge is 0.175 e. The molecule has 6 rings (SSSR count). The van der Waals surface area contributed by atoms with E-state index in [9.17, 15) is 0 Å². The highest BCUT2D eigenvalue weighted by Gasteiger charge is 2.52. The molecule has 4 bridgehead atoms. The van der Waals surface area contributed by atoms with E-state index in [0.29, 0.717) is 18.1 Å². The van der Waals surface area contributed by atoms with Gasteiger partial charge in [-0.1, -0.05) is 23.7 Å². The predicted molar refractivity (Wildman–Crippen MR) is 133 cm³/mol. The van der Waals surface area contributed by atoms with Gasteiger partial charge >= 0.3 is 0 Å². The molecule has 1 atom stereocenters. The van der Waals surface area contributed by atoms with Crippen LogP contribution in [0.4, 0.5) is 0 Å². The Morgan fingerprint density at radius 2 is 1.66 bits per heavy atom. The first-order valence-electron chi connectivity index (χ1n) is 11.9. The van der Waals surface area contributed by atoms with Gasteiger partial charge in [-0.05, 0) is 120 Å². The van der Waals surface area contributed by atoms with Crippen LogP contribution in [0.1, 0.15) is 56.6 Å². The Bertz CT molecular complexity index is 926. The average Bonchev–Trinajstić information content (AvgIpc) is 2.76. The monoisotopic (exact) mass is 517 g/mol. The average molecular weight is 519 g/mol. The predicted octanol–water partition coefficient (Wildman–Crippen LogP) is 7.38. The molecule has 0 aliphatic heterocycles. The fourth-order valence-corrected chi connectivity index (χ4v) is 7.68. The van der Waals surface area contributed by atoms with Crippen molar-refractivity contribution in [1.82, 2.24) is 5.32 Å². The van der Waals surface area contributed by atoms with E-state index in [0.717, 1.165) is 50.9 Å². The number of benzene rings is 2. The molecule has 172 valence electrons. The van der Waals surface area contributed by atoms with E-state index >= 15 is 0 Å². The summed E-state index contributed by atoms with van der Waals surface area (Å²) in [6, 6.07) is 12.5. The summed E-state index contributed by atoms with van der Waals surface area (Å²) in [5.74, 6) is 4.44. The van der Waals surface area contributed by atoms with E-state index in [1.54, 1.807) is 7.11 Å². The Morgan fingerprint density at radius 1 is 1.03 bits per heavy atom. The maximum absolute atomic E-state index is 6.09. The first-order valence-corrected chi connectivity index (χ1v) is 13.1. The minimum atomic E-state index is 0.465. The van der Waals surface area contributed by atoms with Crippen molar-refractivity contribution in [1.29, 1.82) is 0 Å². The third kappa shape index (κ3) is 4.56. The van der Waals surface area contributed by atoms with E-state index in [1.807, 2.05) is 24.3 Å². The van der Waals surface area contributed by atoms with E-state index in [4.69, 9.17) is 21.1 Å². The molecule has 3 nitrogen and oxygen atoms in total. The van der Waals surface area contributed by atoms with Crippen molar-refractivity contribution in [3.63, 3.8) is 0 Å². The van der Waals surface area contributed by atoms with Crippen LogP contribution in [0.2, 0.25) is 5.02 Å². The highest BCUT2D eigenvalue weighted by molar-refractivity contribution is 9.10. The van der Waals surface area contributed by atoms with E-state index < -0.39 is 0 Å². The van der Waals surface area contributed by atoms with Gasteiger partial charge in [0.1, 0.15) is 6.61 Å². The lowest BCUT2D eigenvalue weighted by Crippen LogP contribution is -2.54. The molecule has 4 aliphatic carbocycles. The summed E-state index contributed by atoms with van der Waals surface area (Å²) in [5, 5.41) is 4.62. The van der Waals surface area contributed by atoms with Gasteiger partial charge in [0.05, 0.1) is 11.6 Å². The maximum Gasteiger partial charge on any atom is 0.175 e. The first-order chi connectivity index (χ1) is 15.4. The summed E-state index contributed by atoms with van der Waals surface area (Å²) >= 11 is 9.69. The second-order valence-corrected chi connectivity index (χ2v) is 11.7. The molecule has 5 heteroatoms. The van der Waals surface area contributed by atoms with Crippen molar-refractivity contribution < 1.29 is 9.47 Å². The van der Waals surface area contributed by atoms with Crippen molar-refractivity contribution in [2.24, 2.45) is 23.2 Å². The Labute approximate surface area is 205 Å². The molecule has 2 aromatic carbocycles. The second-order valence-electron chi connectivity index (χ2n) is 10.4. The summed E-state index contributed by atoms with van der Waals surface area (Å²) < 4.78 is 12.7. The van der Waals surface area contributed by atoms with Crippen LogP contribution in [0.3, 0.4) is 0 Å². The van der Waals surface area contributed by atoms with Gasteiger partial charge in [0, 0.05) is 17.6 Å². The van der Waals surface area contributed by atoms with Gasteiger partial charge in [0.2, 0.25) is 0 Å². The summed E-state index contributed by atoms with van der Waals surface area (Å²) in [5.41, 5.74) is 2.79. The molecule has 0 amide bonds. The van der Waals surface area contributed by atoms with Gasteiger partial charge in [-0.2, -0.15) is 0 Å². The number of methoxy groups -OCH3 is 1. The van der Waals surface area contributed by atoms with Crippen molar-refractivity contribution in [2.75, 3.05) is 7.11 Å². The fourth-order valence-electron chi connectivity index (χ4n) is 6.95. The zero-order chi connectivity index (χ0) is 22.3. The number of nitrogens with one attached hydrogen (secondary N) is 1. The van der Waals surface area contributed by atoms with Crippen molar-refractivity contribution in [3.8, 4) is 11.5 Å². The molecule has 0 heterocycles. The number of hydrogen-bond acceptors (Lipinski definition) is 3. The Morgan fingerprint density at radius 3 is 2.25 bits per heavy atom. The molecule has 4 fully saturated rings. The molecule has 4 saturated carbocycles. The zero-order valence-corrected chi connectivity index (χ0v) is 21.3. The normalized spacial score (nSPS) is 29.2. The van der Waals surface area contributed by atoms with Crippen molar-refractivity contribution in [3.05, 3.63) is 57.0 Å². The standard InChI is InChI=1S/C27H33BrClNO2/c1-17(27-12-19-7-20(13-27)9-21(8-19)14-27)30-15-22-10-24(28)26(25(11-22)31-2)32-16-18-3-5-23(29)6-4-18/h3-6,10-11,17,19-21,30H,7-9,12-16H2,1-2H3/t17-,19?,20?,21?,27?/m1/s1. The number of rotatable bonds is 8. The van der Waals surface area contributed by atoms with Crippen LogP contribution in [-0.2, 0) is 13.2 Å². The molecular formula is C27H33BrClNO2. The molecule has 1 N–H and O–H groups in total. The number of hydrogen-bond donors (Lipinski definition) is 1. The molecule has 0 aromatic heterocycles. The third-order valence-corrected chi connectivity index (χ3v) is 9.04. The van der Waals surface area contributed by atoms with E-state index in [2.05, 4.69) is 40.3 Å². The Balaban J connectivity index is 1.24. The second kappa shape index (κ2) is 9.19. The molecule has 0 unspecified atom stereocenters. The molecule has 0 spiro atoms. The lowest BCUT2D eigenvalue weighted by atomic mass is 9.48. The van der Waals surface area contributed by atoms with Crippen LogP contribution in [0.5, 0.6) is 11.5 Å². The minimum absolute atomic E-state index is 0.465. The third-order valence-electron chi connectivity index (χ3n) is 8.20. The van der Waals surface area contributed by atoms with Gasteiger partial charge in [-0.15, -0.1) is 0 Å². The summed E-state index contributed by atoms with van der Waals surface area (Å²) in [4.78, 5) is 0. The quantitative estimate of drug-likeness (QED) is 0.395. The highest BCUT2D eigenvalue weighted by Crippen LogP contribution is 2.61. The maximum atomic E-state index is 6.09. The van der Waals surface area contributed by atoms with Crippen LogP contribution >= 0.6 is 27.5 Å². The lowest BCUT2D eigenvalue weighted by Gasteiger charge is -2.59. The van der Waals surface area contributed by atoms with Crippen LogP contribution in [-0.4, -0.2) is 13.2 Å². The summed E-state index contributed by atoms with van der Waals surface area (Å²) in [6.45, 7) is 3.73. The van der Waals surface area contributed by atoms with Crippen LogP contribution in [0, 0.1) is 23.2 Å². The Hall–Kier alpha value is -1.23. The number of ether oxygens (including phenoxy) is 2. The van der Waals surface area contributed by atoms with Crippen molar-refractivity contribution >= 4 is 27.5 Å². The SMILES string of the molecule is COc1cc(CN[C@H](C)C23CC4CC(CC(C4)C2)C3)cc(Br)c1OCc1ccc(Cl)cc1. The molecule has 0 radical (unpaired) electrons. The lowest BCUT2D eigenvalue weighted by molar-refractivity contribution is -0.0706.